The summed E-state index contributed by atoms with van der Waals surface area (Å²) in [6.45, 7) is 2.79. The van der Waals surface area contributed by atoms with Crippen LogP contribution >= 0.6 is 22.7 Å². The highest BCUT2D eigenvalue weighted by molar-refractivity contribution is 7.14. The van der Waals surface area contributed by atoms with E-state index in [1.54, 1.807) is 0 Å². The van der Waals surface area contributed by atoms with Crippen molar-refractivity contribution in [1.82, 2.24) is 45.9 Å². The Bertz CT molecular complexity index is 3510. The summed E-state index contributed by atoms with van der Waals surface area (Å²) >= 11 is 1.86. The third kappa shape index (κ3) is 20.0. The Kier molecular flexibility index (Phi) is 28.5. The molecule has 3 aliphatic heterocycles. The number of primary amides is 3. The van der Waals surface area contributed by atoms with Gasteiger partial charge in [-0.15, -0.1) is 22.7 Å². The van der Waals surface area contributed by atoms with Crippen LogP contribution in [0.4, 0.5) is 10.6 Å². The highest BCUT2D eigenvalue weighted by atomic mass is 32.1. The standard InChI is InChI=1S/C57H83N15O27S2/c1-16-32(69-46(71-44(16)61)20(7-30(59)79)5-6-23(58)45(62)87)48(89)70-33(41(24-10-64-15-65-24)95-56-43(37(83)34(80)28(11-73)94-56)96-55-39(85)42(97-57(63)92)35(81)29(12-74)93-55)49(90)66-17(2)27(78)9-21(77)8-22(18(3)75)47(88)72-50(98-54-38(84)36(82)31(60)53(91)99-54)40(86)52-68-26(14-101-52)51-67-25(13-100-51)19(4)76/h10,13-15,17-18,20,22-23,27-29,31,33-43,50,53-56,73-75,78,80-86,91H,5-9,11-12,58,60H2,1-4H3,(H2,59,79)(H2,62,87)(H2,63,92)(H,64,65)(H,66,90)(H,70,89)(H,72,88)(H2,61,69,71). The zero-order valence-corrected chi connectivity index (χ0v) is 55.8. The summed E-state index contributed by atoms with van der Waals surface area (Å²) in [6, 6.07) is -6.59. The van der Waals surface area contributed by atoms with Gasteiger partial charge in [0.1, 0.15) is 112 Å². The van der Waals surface area contributed by atoms with Crippen LogP contribution in [0, 0.1) is 12.8 Å². The van der Waals surface area contributed by atoms with Crippen LogP contribution in [0.2, 0.25) is 0 Å². The number of nitrogens with two attached hydrogens (primary N) is 6. The minimum Gasteiger partial charge on any atom is -0.441 e. The van der Waals surface area contributed by atoms with Gasteiger partial charge in [0.2, 0.25) is 23.6 Å². The number of Topliss-reactive ketones (excluding diaryl/α,β-unsaturated/α-hetero) is 2. The number of nitrogens with one attached hydrogen (secondary N) is 4. The number of hydrogen-bond acceptors (Lipinski definition) is 37. The number of aromatic amines is 1. The van der Waals surface area contributed by atoms with E-state index in [9.17, 15) is 94.8 Å². The Balaban J connectivity index is 1.19. The van der Waals surface area contributed by atoms with Crippen molar-refractivity contribution in [2.24, 2.45) is 34.6 Å². The average molecular weight is 1470 g/mol. The first kappa shape index (κ1) is 80.8. The number of H-pyrrole nitrogens is 1. The maximum Gasteiger partial charge on any atom is 0.404 e. The number of carbonyl (C=O) groups is 8. The summed E-state index contributed by atoms with van der Waals surface area (Å²) in [5.41, 5.74) is 33.4. The maximum atomic E-state index is 15.2. The molecule has 4 aromatic rings. The van der Waals surface area contributed by atoms with Crippen molar-refractivity contribution in [3.8, 4) is 10.7 Å². The van der Waals surface area contributed by atoms with Gasteiger partial charge in [0.15, 0.2) is 49.4 Å². The number of carbonyl (C=O) groups excluding carboxylic acids is 8. The van der Waals surface area contributed by atoms with Gasteiger partial charge in [0.05, 0.1) is 67.7 Å². The van der Waals surface area contributed by atoms with Crippen LogP contribution in [-0.4, -0.2) is 280 Å². The Morgan fingerprint density at radius 2 is 1.41 bits per heavy atom. The molecule has 25 unspecified atom stereocenters. The number of ketones is 2. The van der Waals surface area contributed by atoms with Crippen molar-refractivity contribution in [3.63, 3.8) is 0 Å². The van der Waals surface area contributed by atoms with Crippen molar-refractivity contribution in [2.75, 3.05) is 18.9 Å². The van der Waals surface area contributed by atoms with E-state index >= 15 is 4.79 Å². The zero-order chi connectivity index (χ0) is 74.8. The fourth-order valence-corrected chi connectivity index (χ4v) is 12.4. The molecule has 42 nitrogen and oxygen atoms in total. The first-order valence-corrected chi connectivity index (χ1v) is 32.8. The first-order chi connectivity index (χ1) is 47.5. The van der Waals surface area contributed by atoms with E-state index in [1.807, 2.05) is 0 Å². The third-order valence-corrected chi connectivity index (χ3v) is 18.5. The molecular formula is C57H83N15O27S2. The Labute approximate surface area is 580 Å². The van der Waals surface area contributed by atoms with Gasteiger partial charge in [0, 0.05) is 48.4 Å². The lowest BCUT2D eigenvalue weighted by Gasteiger charge is -2.47. The summed E-state index contributed by atoms with van der Waals surface area (Å²) in [7, 11) is 0. The largest absolute Gasteiger partial charge is 0.441 e. The molecule has 3 fully saturated rings. The minimum atomic E-state index is -2.24. The van der Waals surface area contributed by atoms with Crippen molar-refractivity contribution in [2.45, 2.75) is 207 Å². The lowest BCUT2D eigenvalue weighted by atomic mass is 9.92. The lowest BCUT2D eigenvalue weighted by Crippen LogP contribution is -2.65. The van der Waals surface area contributed by atoms with Crippen LogP contribution in [0.5, 0.6) is 0 Å². The number of imidazole rings is 1. The van der Waals surface area contributed by atoms with Crippen LogP contribution in [0.25, 0.3) is 10.7 Å². The monoisotopic (exact) mass is 1470 g/mol. The average Bonchev–Trinajstić information content (AvgIpc) is 0.921. The van der Waals surface area contributed by atoms with Gasteiger partial charge in [-0.1, -0.05) is 0 Å². The van der Waals surface area contributed by atoms with E-state index < -0.39 is 232 Å². The van der Waals surface area contributed by atoms with Crippen molar-refractivity contribution < 1.29 is 133 Å². The van der Waals surface area contributed by atoms with Gasteiger partial charge in [-0.3, -0.25) is 33.6 Å². The second-order valence-electron chi connectivity index (χ2n) is 24.1. The molecule has 7 heterocycles. The third-order valence-electron chi connectivity index (χ3n) is 16.7. The number of aliphatic hydroxyl groups is 12. The molecule has 28 N–H and O–H groups in total. The number of nitrogen functional groups attached to an aromatic ring is 1. The molecule has 0 spiro atoms. The van der Waals surface area contributed by atoms with Gasteiger partial charge in [-0.2, -0.15) is 0 Å². The van der Waals surface area contributed by atoms with E-state index in [0.717, 1.165) is 42.1 Å². The second-order valence-corrected chi connectivity index (χ2v) is 25.9. The summed E-state index contributed by atoms with van der Waals surface area (Å²) < 4.78 is 39.7. The van der Waals surface area contributed by atoms with Crippen LogP contribution in [0.3, 0.4) is 0 Å². The topological polar surface area (TPSA) is 716 Å². The molecule has 0 aromatic carbocycles. The van der Waals surface area contributed by atoms with Gasteiger partial charge in [0.25, 0.3) is 5.91 Å². The summed E-state index contributed by atoms with van der Waals surface area (Å²) in [6.07, 6.45) is -40.1. The fraction of sp³-hybridized carbons (Fsp3) is 0.632. The normalized spacial score (nSPS) is 28.4. The predicted octanol–water partition coefficient (Wildman–Crippen LogP) is -8.86. The quantitative estimate of drug-likeness (QED) is 0.0153. The van der Waals surface area contributed by atoms with E-state index in [4.69, 9.17) is 67.6 Å². The van der Waals surface area contributed by atoms with E-state index in [1.165, 1.54) is 31.5 Å². The molecule has 44 heteroatoms. The Morgan fingerprint density at radius 1 is 0.733 bits per heavy atom. The molecule has 0 aliphatic carbocycles. The Hall–Kier alpha value is -7.49. The number of nitrogens with zero attached hydrogens (tertiary/aromatic N) is 5. The number of rotatable bonds is 34. The van der Waals surface area contributed by atoms with Gasteiger partial charge >= 0.3 is 6.09 Å². The molecule has 7 rings (SSSR count). The highest BCUT2D eigenvalue weighted by Crippen LogP contribution is 2.36. The summed E-state index contributed by atoms with van der Waals surface area (Å²) in [5.74, 6) is -10.4. The molecule has 0 radical (unpaired) electrons. The van der Waals surface area contributed by atoms with Gasteiger partial charge in [-0.25, -0.2) is 29.7 Å². The van der Waals surface area contributed by atoms with Crippen molar-refractivity contribution in [3.05, 3.63) is 56.8 Å². The molecule has 101 heavy (non-hydrogen) atoms. The summed E-state index contributed by atoms with van der Waals surface area (Å²) in [5, 5.41) is 142. The molecule has 0 bridgehead atoms. The molecule has 6 amide bonds. The first-order valence-electron chi connectivity index (χ1n) is 31.0. The number of aromatic nitrogens is 6. The van der Waals surface area contributed by atoms with Gasteiger partial charge < -0.3 is 150 Å². The van der Waals surface area contributed by atoms with Gasteiger partial charge in [-0.05, 0) is 33.6 Å². The zero-order valence-electron chi connectivity index (χ0n) is 54.2. The Morgan fingerprint density at radius 3 is 2.01 bits per heavy atom. The molecule has 0 saturated carbocycles. The SMILES string of the molecule is CC(=O)c1csc(-c2csc(C(O)C(NC(=O)C(CC(=O)CC(O)C(C)NC(=O)C(NC(=O)c3nc(C(CCC(N)C(N)=O)CC(N)=O)nc(N)c3C)C(OC3OC(CO)C(O)C(O)C3OC3OC(CO)C(O)C(OC(N)=O)C3O)c3cnc[nH]3)C(C)O)OC3OC(O)C(N)C(O)C3O)n2)n1. The molecule has 25 atom stereocenters. The predicted molar refractivity (Wildman–Crippen MR) is 338 cm³/mol. The molecule has 4 aromatic heterocycles. The maximum absolute atomic E-state index is 15.2. The number of amides is 6. The van der Waals surface area contributed by atoms with Crippen molar-refractivity contribution >= 4 is 75.7 Å². The van der Waals surface area contributed by atoms with E-state index in [0.29, 0.717) is 0 Å². The summed E-state index contributed by atoms with van der Waals surface area (Å²) in [4.78, 5) is 131. The van der Waals surface area contributed by atoms with Crippen LogP contribution in [0.15, 0.2) is 23.3 Å². The van der Waals surface area contributed by atoms with Crippen molar-refractivity contribution in [1.29, 1.82) is 0 Å². The molecule has 3 aliphatic rings. The van der Waals surface area contributed by atoms with E-state index in [-0.39, 0.29) is 62.9 Å². The number of thiazole rings is 2. The van der Waals surface area contributed by atoms with Crippen LogP contribution in [0.1, 0.15) is 114 Å². The molecular weight excluding hydrogens is 1390 g/mol. The van der Waals surface area contributed by atoms with Crippen LogP contribution in [-0.2, 0) is 57.1 Å². The van der Waals surface area contributed by atoms with Crippen LogP contribution < -0.4 is 50.4 Å². The minimum absolute atomic E-state index is 0.122. The smallest absolute Gasteiger partial charge is 0.404 e. The fourth-order valence-electron chi connectivity index (χ4n) is 10.7. The second kappa shape index (κ2) is 35.6. The lowest BCUT2D eigenvalue weighted by molar-refractivity contribution is -0.372. The number of aliphatic hydroxyl groups excluding tert-OH is 12. The molecule has 3 saturated heterocycles. The number of ether oxygens (including phenoxy) is 7. The number of hydrogen-bond donors (Lipinski definition) is 22. The number of anilines is 1. The van der Waals surface area contributed by atoms with E-state index in [2.05, 4.69) is 45.9 Å². The highest BCUT2D eigenvalue weighted by Gasteiger charge is 2.54. The molecule has 560 valence electrons.